The molecule has 0 aliphatic rings. The average Bonchev–Trinajstić information content (AvgIpc) is 2.55. The highest BCUT2D eigenvalue weighted by molar-refractivity contribution is 6.33. The van der Waals surface area contributed by atoms with Gasteiger partial charge in [-0.15, -0.1) is 0 Å². The van der Waals surface area contributed by atoms with Crippen LogP contribution >= 0.6 is 11.6 Å². The number of anilines is 2. The molecule has 1 aromatic carbocycles. The number of nitrogens with zero attached hydrogens (tertiary/aromatic N) is 2. The molecule has 1 aromatic heterocycles. The fraction of sp³-hybridized carbons (Fsp3) is 0.353. The zero-order valence-corrected chi connectivity index (χ0v) is 15.0. The third kappa shape index (κ3) is 5.32. The molecule has 0 aliphatic heterocycles. The van der Waals surface area contributed by atoms with Gasteiger partial charge < -0.3 is 10.6 Å². The molecule has 26 heavy (non-hydrogen) atoms. The van der Waals surface area contributed by atoms with Gasteiger partial charge in [-0.2, -0.15) is 13.2 Å². The SMILES string of the molecule is CCCCNc1nc(C)cc(C(=O)Nc2cc(C(F)(F)F)ccc2Cl)n1. The number of hydrogen-bond acceptors (Lipinski definition) is 4. The first kappa shape index (κ1) is 20.0. The van der Waals surface area contributed by atoms with Gasteiger partial charge in [0.1, 0.15) is 5.69 Å². The molecule has 1 heterocycles. The Kier molecular flexibility index (Phi) is 6.42. The maximum Gasteiger partial charge on any atom is 0.416 e. The maximum absolute atomic E-state index is 12.8. The lowest BCUT2D eigenvalue weighted by molar-refractivity contribution is -0.137. The van der Waals surface area contributed by atoms with Gasteiger partial charge in [0.25, 0.3) is 5.91 Å². The molecule has 140 valence electrons. The number of aromatic nitrogens is 2. The van der Waals surface area contributed by atoms with Crippen molar-refractivity contribution in [3.05, 3.63) is 46.2 Å². The second-order valence-electron chi connectivity index (χ2n) is 5.65. The van der Waals surface area contributed by atoms with Crippen molar-refractivity contribution < 1.29 is 18.0 Å². The largest absolute Gasteiger partial charge is 0.416 e. The van der Waals surface area contributed by atoms with Gasteiger partial charge in [-0.25, -0.2) is 9.97 Å². The van der Waals surface area contributed by atoms with Gasteiger partial charge >= 0.3 is 6.18 Å². The van der Waals surface area contributed by atoms with Crippen LogP contribution in [-0.4, -0.2) is 22.4 Å². The molecular formula is C17H18ClF3N4O. The van der Waals surface area contributed by atoms with Gasteiger partial charge in [-0.05, 0) is 37.6 Å². The molecule has 0 saturated heterocycles. The molecule has 0 atom stereocenters. The van der Waals surface area contributed by atoms with Crippen molar-refractivity contribution in [2.45, 2.75) is 32.9 Å². The van der Waals surface area contributed by atoms with E-state index < -0.39 is 17.6 Å². The van der Waals surface area contributed by atoms with Crippen LogP contribution in [-0.2, 0) is 6.18 Å². The lowest BCUT2D eigenvalue weighted by atomic mass is 10.2. The minimum absolute atomic E-state index is 0.00146. The summed E-state index contributed by atoms with van der Waals surface area (Å²) < 4.78 is 38.5. The predicted octanol–water partition coefficient (Wildman–Crippen LogP) is 4.92. The summed E-state index contributed by atoms with van der Waals surface area (Å²) in [5, 5.41) is 5.38. The Hall–Kier alpha value is -2.35. The van der Waals surface area contributed by atoms with Crippen LogP contribution in [0, 0.1) is 6.92 Å². The Bertz CT molecular complexity index is 796. The minimum Gasteiger partial charge on any atom is -0.354 e. The van der Waals surface area contributed by atoms with Crippen LogP contribution < -0.4 is 10.6 Å². The third-order valence-electron chi connectivity index (χ3n) is 3.44. The molecule has 0 aliphatic carbocycles. The summed E-state index contributed by atoms with van der Waals surface area (Å²) in [5.74, 6) is -0.381. The molecule has 9 heteroatoms. The van der Waals surface area contributed by atoms with Crippen molar-refractivity contribution >= 4 is 29.1 Å². The van der Waals surface area contributed by atoms with Crippen LogP contribution in [0.1, 0.15) is 41.5 Å². The average molecular weight is 387 g/mol. The molecule has 5 nitrogen and oxygen atoms in total. The lowest BCUT2D eigenvalue weighted by Gasteiger charge is -2.12. The van der Waals surface area contributed by atoms with Gasteiger partial charge in [0.05, 0.1) is 16.3 Å². The lowest BCUT2D eigenvalue weighted by Crippen LogP contribution is -2.17. The second kappa shape index (κ2) is 8.35. The minimum atomic E-state index is -4.54. The number of amides is 1. The quantitative estimate of drug-likeness (QED) is 0.691. The molecule has 0 unspecified atom stereocenters. The second-order valence-corrected chi connectivity index (χ2v) is 6.05. The summed E-state index contributed by atoms with van der Waals surface area (Å²) in [6.45, 7) is 4.39. The van der Waals surface area contributed by atoms with Crippen LogP contribution in [0.25, 0.3) is 0 Å². The number of carbonyl (C=O) groups excluding carboxylic acids is 1. The van der Waals surface area contributed by atoms with E-state index in [0.717, 1.165) is 31.0 Å². The van der Waals surface area contributed by atoms with Gasteiger partial charge in [-0.3, -0.25) is 4.79 Å². The van der Waals surface area contributed by atoms with Crippen LogP contribution in [0.4, 0.5) is 24.8 Å². The molecule has 2 aromatic rings. The summed E-state index contributed by atoms with van der Waals surface area (Å²) in [5.41, 5.74) is -0.453. The highest BCUT2D eigenvalue weighted by Crippen LogP contribution is 2.33. The van der Waals surface area contributed by atoms with E-state index in [4.69, 9.17) is 11.6 Å². The maximum atomic E-state index is 12.8. The van der Waals surface area contributed by atoms with E-state index >= 15 is 0 Å². The first-order valence-corrected chi connectivity index (χ1v) is 8.36. The van der Waals surface area contributed by atoms with Crippen LogP contribution in [0.5, 0.6) is 0 Å². The highest BCUT2D eigenvalue weighted by atomic mass is 35.5. The monoisotopic (exact) mass is 386 g/mol. The van der Waals surface area contributed by atoms with Gasteiger partial charge in [0.2, 0.25) is 5.95 Å². The van der Waals surface area contributed by atoms with E-state index in [1.807, 2.05) is 6.92 Å². The Morgan fingerprint density at radius 1 is 1.23 bits per heavy atom. The first-order chi connectivity index (χ1) is 12.2. The Labute approximate surface area is 154 Å². The number of hydrogen-bond donors (Lipinski definition) is 2. The third-order valence-corrected chi connectivity index (χ3v) is 3.77. The summed E-state index contributed by atoms with van der Waals surface area (Å²) >= 11 is 5.90. The smallest absolute Gasteiger partial charge is 0.354 e. The molecule has 0 saturated carbocycles. The summed E-state index contributed by atoms with van der Waals surface area (Å²) in [6.07, 6.45) is -2.63. The van der Waals surface area contributed by atoms with Gasteiger partial charge in [0, 0.05) is 12.2 Å². The van der Waals surface area contributed by atoms with Crippen molar-refractivity contribution in [3.8, 4) is 0 Å². The Morgan fingerprint density at radius 3 is 2.62 bits per heavy atom. The highest BCUT2D eigenvalue weighted by Gasteiger charge is 2.31. The number of aryl methyl sites for hydroxylation is 1. The predicted molar refractivity (Wildman–Crippen MR) is 94.6 cm³/mol. The molecular weight excluding hydrogens is 369 g/mol. The molecule has 0 bridgehead atoms. The van der Waals surface area contributed by atoms with Gasteiger partial charge in [0.15, 0.2) is 0 Å². The van der Waals surface area contributed by atoms with E-state index in [-0.39, 0.29) is 16.4 Å². The number of carbonyl (C=O) groups is 1. The normalized spacial score (nSPS) is 11.3. The van der Waals surface area contributed by atoms with Gasteiger partial charge in [-0.1, -0.05) is 24.9 Å². The van der Waals surface area contributed by atoms with Crippen LogP contribution in [0.2, 0.25) is 5.02 Å². The fourth-order valence-corrected chi connectivity index (χ4v) is 2.29. The van der Waals surface area contributed by atoms with E-state index in [2.05, 4.69) is 20.6 Å². The number of unbranched alkanes of at least 4 members (excludes halogenated alkanes) is 1. The van der Waals surface area contributed by atoms with Crippen molar-refractivity contribution in [2.24, 2.45) is 0 Å². The molecule has 2 N–H and O–H groups in total. The molecule has 0 fully saturated rings. The number of alkyl halides is 3. The standard InChI is InChI=1S/C17H18ClF3N4O/c1-3-4-7-22-16-23-10(2)8-14(25-16)15(26)24-13-9-11(17(19,20)21)5-6-12(13)18/h5-6,8-9H,3-4,7H2,1-2H3,(H,24,26)(H,22,23,25). The van der Waals surface area contributed by atoms with Crippen molar-refractivity contribution in [2.75, 3.05) is 17.2 Å². The Balaban J connectivity index is 2.22. The topological polar surface area (TPSA) is 66.9 Å². The van der Waals surface area contributed by atoms with E-state index in [1.165, 1.54) is 6.07 Å². The van der Waals surface area contributed by atoms with E-state index in [0.29, 0.717) is 18.2 Å². The number of rotatable bonds is 6. The summed E-state index contributed by atoms with van der Waals surface area (Å²) in [7, 11) is 0. The number of nitrogens with one attached hydrogen (secondary N) is 2. The van der Waals surface area contributed by atoms with E-state index in [9.17, 15) is 18.0 Å². The zero-order valence-electron chi connectivity index (χ0n) is 14.2. The molecule has 0 radical (unpaired) electrons. The zero-order chi connectivity index (χ0) is 19.3. The summed E-state index contributed by atoms with van der Waals surface area (Å²) in [4.78, 5) is 20.7. The molecule has 2 rings (SSSR count). The number of halogens is 4. The van der Waals surface area contributed by atoms with Crippen molar-refractivity contribution in [1.82, 2.24) is 9.97 Å². The Morgan fingerprint density at radius 2 is 1.96 bits per heavy atom. The fourth-order valence-electron chi connectivity index (χ4n) is 2.12. The molecule has 1 amide bonds. The first-order valence-electron chi connectivity index (χ1n) is 7.98. The van der Waals surface area contributed by atoms with E-state index in [1.54, 1.807) is 6.92 Å². The van der Waals surface area contributed by atoms with Crippen LogP contribution in [0.3, 0.4) is 0 Å². The summed E-state index contributed by atoms with van der Waals surface area (Å²) in [6, 6.07) is 4.17. The molecule has 0 spiro atoms. The van der Waals surface area contributed by atoms with Crippen molar-refractivity contribution in [3.63, 3.8) is 0 Å². The van der Waals surface area contributed by atoms with Crippen molar-refractivity contribution in [1.29, 1.82) is 0 Å². The van der Waals surface area contributed by atoms with Crippen LogP contribution in [0.15, 0.2) is 24.3 Å². The number of benzene rings is 1.